The van der Waals surface area contributed by atoms with Crippen LogP contribution in [0.1, 0.15) is 31.9 Å². The van der Waals surface area contributed by atoms with Gasteiger partial charge in [-0.15, -0.1) is 0 Å². The van der Waals surface area contributed by atoms with Crippen LogP contribution in [0.3, 0.4) is 0 Å². The van der Waals surface area contributed by atoms with Crippen molar-refractivity contribution in [3.8, 4) is 11.5 Å². The van der Waals surface area contributed by atoms with Crippen molar-refractivity contribution in [2.45, 2.75) is 45.8 Å². The van der Waals surface area contributed by atoms with Gasteiger partial charge in [-0.05, 0) is 33.6 Å². The summed E-state index contributed by atoms with van der Waals surface area (Å²) in [5.41, 5.74) is 3.35. The van der Waals surface area contributed by atoms with Gasteiger partial charge in [0.15, 0.2) is 0 Å². The summed E-state index contributed by atoms with van der Waals surface area (Å²) in [6.45, 7) is 12.9. The molecule has 0 heterocycles. The van der Waals surface area contributed by atoms with Gasteiger partial charge in [0, 0.05) is 34.1 Å². The molecule has 1 aliphatic rings. The number of carbonyl (C=O) groups excluding carboxylic acids is 2. The standard InChI is InChI=1S/C27H30O6/c1-6-24(28)32-18(4)15-30-26-20-10-8-9-11-21(20)27(23-14-17(3)12-13-22(23)26)31-16-19(5)33-25(29)7-2/h6-12,18-19H,1-2,13-16H2,3-5H3. The molecule has 0 N–H and O–H groups in total. The van der Waals surface area contributed by atoms with Crippen LogP contribution >= 0.6 is 0 Å². The Morgan fingerprint density at radius 3 is 1.88 bits per heavy atom. The average Bonchev–Trinajstić information content (AvgIpc) is 2.80. The quantitative estimate of drug-likeness (QED) is 0.292. The lowest BCUT2D eigenvalue weighted by Crippen LogP contribution is -2.23. The Labute approximate surface area is 194 Å². The van der Waals surface area contributed by atoms with E-state index in [1.807, 2.05) is 24.3 Å². The molecule has 2 atom stereocenters. The molecule has 2 aromatic carbocycles. The molecule has 0 bridgehead atoms. The van der Waals surface area contributed by atoms with E-state index in [9.17, 15) is 9.59 Å². The Hall–Kier alpha value is -3.54. The van der Waals surface area contributed by atoms with Crippen LogP contribution in [0.5, 0.6) is 11.5 Å². The Bertz CT molecular complexity index is 1100. The zero-order valence-electron chi connectivity index (χ0n) is 19.4. The number of rotatable bonds is 10. The van der Waals surface area contributed by atoms with Gasteiger partial charge in [-0.2, -0.15) is 0 Å². The second-order valence-corrected chi connectivity index (χ2v) is 8.12. The van der Waals surface area contributed by atoms with Crippen molar-refractivity contribution < 1.29 is 28.5 Å². The molecule has 174 valence electrons. The molecular formula is C27H30O6. The van der Waals surface area contributed by atoms with Gasteiger partial charge in [0.1, 0.15) is 36.9 Å². The van der Waals surface area contributed by atoms with Crippen LogP contribution in [-0.2, 0) is 31.9 Å². The minimum absolute atomic E-state index is 0.216. The summed E-state index contributed by atoms with van der Waals surface area (Å²) in [6.07, 6.45) is 5.04. The van der Waals surface area contributed by atoms with E-state index in [-0.39, 0.29) is 13.2 Å². The summed E-state index contributed by atoms with van der Waals surface area (Å²) in [6, 6.07) is 7.88. The lowest BCUT2D eigenvalue weighted by atomic mass is 9.87. The van der Waals surface area contributed by atoms with E-state index in [1.165, 1.54) is 5.57 Å². The summed E-state index contributed by atoms with van der Waals surface area (Å²) in [5, 5.41) is 1.83. The fourth-order valence-corrected chi connectivity index (χ4v) is 3.80. The zero-order valence-corrected chi connectivity index (χ0v) is 19.4. The van der Waals surface area contributed by atoms with Crippen molar-refractivity contribution in [3.63, 3.8) is 0 Å². The van der Waals surface area contributed by atoms with Crippen LogP contribution < -0.4 is 9.47 Å². The molecule has 0 aromatic heterocycles. The smallest absolute Gasteiger partial charge is 0.330 e. The number of allylic oxidation sites excluding steroid dienone is 2. The molecule has 0 fully saturated rings. The summed E-state index contributed by atoms with van der Waals surface area (Å²) in [5.74, 6) is 0.579. The van der Waals surface area contributed by atoms with Crippen molar-refractivity contribution in [1.82, 2.24) is 0 Å². The number of benzene rings is 2. The van der Waals surface area contributed by atoms with Gasteiger partial charge in [-0.1, -0.05) is 49.1 Å². The summed E-state index contributed by atoms with van der Waals surface area (Å²) in [7, 11) is 0. The minimum Gasteiger partial charge on any atom is -0.489 e. The van der Waals surface area contributed by atoms with E-state index in [4.69, 9.17) is 18.9 Å². The molecule has 0 radical (unpaired) electrons. The number of ether oxygens (including phenoxy) is 4. The summed E-state index contributed by atoms with van der Waals surface area (Å²) >= 11 is 0. The number of hydrogen-bond donors (Lipinski definition) is 0. The number of hydrogen-bond acceptors (Lipinski definition) is 6. The molecule has 0 spiro atoms. The average molecular weight is 451 g/mol. The monoisotopic (exact) mass is 450 g/mol. The SMILES string of the molecule is C=CC(=O)OC(C)COc1c2c(c(OCC(C)OC(=O)C=C)c3ccccc13)CC(C)=CC2. The van der Waals surface area contributed by atoms with Crippen LogP contribution in [0.2, 0.25) is 0 Å². The van der Waals surface area contributed by atoms with Crippen LogP contribution in [0.25, 0.3) is 10.8 Å². The Kier molecular flexibility index (Phi) is 7.93. The molecule has 2 unspecified atom stereocenters. The fourth-order valence-electron chi connectivity index (χ4n) is 3.80. The molecule has 2 aromatic rings. The van der Waals surface area contributed by atoms with Crippen molar-refractivity contribution >= 4 is 22.7 Å². The van der Waals surface area contributed by atoms with Crippen molar-refractivity contribution in [2.75, 3.05) is 13.2 Å². The molecule has 6 nitrogen and oxygen atoms in total. The van der Waals surface area contributed by atoms with Crippen molar-refractivity contribution in [3.05, 3.63) is 72.4 Å². The molecule has 1 aliphatic carbocycles. The summed E-state index contributed by atoms with van der Waals surface area (Å²) < 4.78 is 23.0. The zero-order chi connectivity index (χ0) is 24.0. The third kappa shape index (κ3) is 5.83. The number of esters is 2. The van der Waals surface area contributed by atoms with Gasteiger partial charge in [-0.25, -0.2) is 9.59 Å². The third-order valence-corrected chi connectivity index (χ3v) is 5.33. The van der Waals surface area contributed by atoms with E-state index in [2.05, 4.69) is 26.2 Å². The highest BCUT2D eigenvalue weighted by Gasteiger charge is 2.24. The molecule has 0 aliphatic heterocycles. The molecular weight excluding hydrogens is 420 g/mol. The minimum atomic E-state index is -0.480. The molecule has 0 saturated carbocycles. The van der Waals surface area contributed by atoms with Crippen LogP contribution in [0, 0.1) is 0 Å². The highest BCUT2D eigenvalue weighted by molar-refractivity contribution is 5.96. The number of fused-ring (bicyclic) bond motifs is 2. The fraction of sp³-hybridized carbons (Fsp3) is 0.333. The Balaban J connectivity index is 1.96. The summed E-state index contributed by atoms with van der Waals surface area (Å²) in [4.78, 5) is 23.0. The third-order valence-electron chi connectivity index (χ3n) is 5.33. The first kappa shape index (κ1) is 24.1. The maximum Gasteiger partial charge on any atom is 0.330 e. The Morgan fingerprint density at radius 2 is 1.39 bits per heavy atom. The van der Waals surface area contributed by atoms with E-state index < -0.39 is 24.1 Å². The largest absolute Gasteiger partial charge is 0.489 e. The molecule has 0 amide bonds. The predicted octanol–water partition coefficient (Wildman–Crippen LogP) is 4.88. The lowest BCUT2D eigenvalue weighted by molar-refractivity contribution is -0.144. The van der Waals surface area contributed by atoms with Gasteiger partial charge < -0.3 is 18.9 Å². The first-order valence-electron chi connectivity index (χ1n) is 11.0. The van der Waals surface area contributed by atoms with Gasteiger partial charge in [0.2, 0.25) is 0 Å². The second kappa shape index (κ2) is 10.9. The van der Waals surface area contributed by atoms with Gasteiger partial charge in [0.25, 0.3) is 0 Å². The topological polar surface area (TPSA) is 71.1 Å². The maximum absolute atomic E-state index is 11.5. The highest BCUT2D eigenvalue weighted by atomic mass is 16.6. The highest BCUT2D eigenvalue weighted by Crippen LogP contribution is 2.44. The predicted molar refractivity (Wildman–Crippen MR) is 128 cm³/mol. The first-order valence-corrected chi connectivity index (χ1v) is 11.0. The van der Waals surface area contributed by atoms with Crippen molar-refractivity contribution in [1.29, 1.82) is 0 Å². The molecule has 0 saturated heterocycles. The second-order valence-electron chi connectivity index (χ2n) is 8.12. The van der Waals surface area contributed by atoms with E-state index in [0.717, 1.165) is 52.0 Å². The molecule has 33 heavy (non-hydrogen) atoms. The first-order chi connectivity index (χ1) is 15.8. The molecule has 3 rings (SSSR count). The van der Waals surface area contributed by atoms with E-state index in [1.54, 1.807) is 13.8 Å². The van der Waals surface area contributed by atoms with Crippen molar-refractivity contribution in [2.24, 2.45) is 0 Å². The van der Waals surface area contributed by atoms with Gasteiger partial charge in [-0.3, -0.25) is 0 Å². The Morgan fingerprint density at radius 1 is 0.909 bits per heavy atom. The molecule has 6 heteroatoms. The van der Waals surface area contributed by atoms with Crippen LogP contribution in [0.4, 0.5) is 0 Å². The van der Waals surface area contributed by atoms with Gasteiger partial charge >= 0.3 is 11.9 Å². The van der Waals surface area contributed by atoms with Crippen LogP contribution in [-0.4, -0.2) is 37.4 Å². The maximum atomic E-state index is 11.5. The van der Waals surface area contributed by atoms with Gasteiger partial charge in [0.05, 0.1) is 0 Å². The van der Waals surface area contributed by atoms with E-state index in [0.29, 0.717) is 6.42 Å². The van der Waals surface area contributed by atoms with Crippen LogP contribution in [0.15, 0.2) is 61.2 Å². The normalized spacial score (nSPS) is 14.3. The lowest BCUT2D eigenvalue weighted by Gasteiger charge is -2.26. The van der Waals surface area contributed by atoms with E-state index >= 15 is 0 Å². The number of carbonyl (C=O) groups is 2.